The van der Waals surface area contributed by atoms with Crippen molar-refractivity contribution in [3.8, 4) is 0 Å². The summed E-state index contributed by atoms with van der Waals surface area (Å²) in [6.45, 7) is 4.32. The second-order valence-corrected chi connectivity index (χ2v) is 5.72. The van der Waals surface area contributed by atoms with Gasteiger partial charge >= 0.3 is 0 Å². The standard InChI is InChI=1S/C19H18FNO2/c1-12(14-6-4-3-5-7-14)11-21-19(22)18-13(2)16-10-15(20)8-9-17(16)23-18/h3-10,12H,11H2,1-2H3,(H,21,22)/t12-/m1/s1. The van der Waals surface area contributed by atoms with Crippen molar-refractivity contribution >= 4 is 16.9 Å². The van der Waals surface area contributed by atoms with Gasteiger partial charge in [0.15, 0.2) is 5.76 Å². The van der Waals surface area contributed by atoms with E-state index in [0.29, 0.717) is 23.1 Å². The molecule has 1 heterocycles. The summed E-state index contributed by atoms with van der Waals surface area (Å²) >= 11 is 0. The summed E-state index contributed by atoms with van der Waals surface area (Å²) in [5.74, 6) is -0.180. The van der Waals surface area contributed by atoms with Crippen LogP contribution in [0, 0.1) is 12.7 Å². The highest BCUT2D eigenvalue weighted by atomic mass is 19.1. The van der Waals surface area contributed by atoms with Gasteiger partial charge in [0.25, 0.3) is 5.91 Å². The number of benzene rings is 2. The van der Waals surface area contributed by atoms with E-state index in [1.807, 2.05) is 30.3 Å². The minimum atomic E-state index is -0.342. The molecular formula is C19H18FNO2. The lowest BCUT2D eigenvalue weighted by atomic mass is 10.0. The van der Waals surface area contributed by atoms with Crippen molar-refractivity contribution in [1.82, 2.24) is 5.32 Å². The van der Waals surface area contributed by atoms with Crippen LogP contribution in [-0.2, 0) is 0 Å². The van der Waals surface area contributed by atoms with Crippen LogP contribution in [0.3, 0.4) is 0 Å². The van der Waals surface area contributed by atoms with Crippen LogP contribution in [-0.4, -0.2) is 12.5 Å². The molecule has 0 aliphatic heterocycles. The molecule has 0 radical (unpaired) electrons. The molecule has 1 atom stereocenters. The molecule has 1 amide bonds. The number of amides is 1. The average Bonchev–Trinajstić information content (AvgIpc) is 2.90. The zero-order chi connectivity index (χ0) is 16.4. The lowest BCUT2D eigenvalue weighted by Gasteiger charge is -2.12. The van der Waals surface area contributed by atoms with Gasteiger partial charge in [-0.05, 0) is 36.6 Å². The number of aryl methyl sites for hydroxylation is 1. The zero-order valence-electron chi connectivity index (χ0n) is 13.1. The Morgan fingerprint density at radius 2 is 1.96 bits per heavy atom. The molecule has 0 bridgehead atoms. The molecule has 0 aliphatic rings. The van der Waals surface area contributed by atoms with Crippen molar-refractivity contribution in [2.24, 2.45) is 0 Å². The van der Waals surface area contributed by atoms with E-state index in [1.54, 1.807) is 13.0 Å². The smallest absolute Gasteiger partial charge is 0.287 e. The highest BCUT2D eigenvalue weighted by Gasteiger charge is 2.18. The normalized spacial score (nSPS) is 12.3. The average molecular weight is 311 g/mol. The Morgan fingerprint density at radius 1 is 1.22 bits per heavy atom. The summed E-state index contributed by atoms with van der Waals surface area (Å²) in [5, 5.41) is 3.52. The van der Waals surface area contributed by atoms with Crippen molar-refractivity contribution in [3.05, 3.63) is 71.2 Å². The van der Waals surface area contributed by atoms with E-state index in [4.69, 9.17) is 4.42 Å². The van der Waals surface area contributed by atoms with Crippen LogP contribution in [0.5, 0.6) is 0 Å². The van der Waals surface area contributed by atoms with Gasteiger partial charge in [0.1, 0.15) is 11.4 Å². The summed E-state index contributed by atoms with van der Waals surface area (Å²) in [6, 6.07) is 14.2. The van der Waals surface area contributed by atoms with Gasteiger partial charge in [0.05, 0.1) is 0 Å². The van der Waals surface area contributed by atoms with Crippen LogP contribution in [0.1, 0.15) is 34.5 Å². The Labute approximate surface area is 134 Å². The number of carbonyl (C=O) groups excluding carboxylic acids is 1. The minimum Gasteiger partial charge on any atom is -0.451 e. The van der Waals surface area contributed by atoms with Crippen LogP contribution in [0.25, 0.3) is 11.0 Å². The molecule has 0 saturated carbocycles. The fourth-order valence-corrected chi connectivity index (χ4v) is 2.64. The molecule has 0 spiro atoms. The zero-order valence-corrected chi connectivity index (χ0v) is 13.1. The number of carbonyl (C=O) groups is 1. The van der Waals surface area contributed by atoms with E-state index in [2.05, 4.69) is 12.2 Å². The molecular weight excluding hydrogens is 293 g/mol. The Hall–Kier alpha value is -2.62. The highest BCUT2D eigenvalue weighted by Crippen LogP contribution is 2.26. The van der Waals surface area contributed by atoms with Crippen molar-refractivity contribution in [3.63, 3.8) is 0 Å². The summed E-state index contributed by atoms with van der Waals surface area (Å²) in [7, 11) is 0. The molecule has 1 aromatic heterocycles. The summed E-state index contributed by atoms with van der Waals surface area (Å²) in [5.41, 5.74) is 2.34. The van der Waals surface area contributed by atoms with E-state index in [9.17, 15) is 9.18 Å². The molecule has 3 nitrogen and oxygen atoms in total. The van der Waals surface area contributed by atoms with Crippen LogP contribution >= 0.6 is 0 Å². The summed E-state index contributed by atoms with van der Waals surface area (Å²) in [6.07, 6.45) is 0. The first kappa shape index (κ1) is 15.3. The number of furan rings is 1. The molecule has 0 aliphatic carbocycles. The molecule has 2 aromatic carbocycles. The largest absolute Gasteiger partial charge is 0.451 e. The monoisotopic (exact) mass is 311 g/mol. The molecule has 3 aromatic rings. The second kappa shape index (κ2) is 6.24. The number of halogens is 1. The van der Waals surface area contributed by atoms with E-state index in [-0.39, 0.29) is 23.4 Å². The number of nitrogens with one attached hydrogen (secondary N) is 1. The summed E-state index contributed by atoms with van der Waals surface area (Å²) < 4.78 is 18.9. The maximum Gasteiger partial charge on any atom is 0.287 e. The molecule has 1 N–H and O–H groups in total. The maximum atomic E-state index is 13.3. The van der Waals surface area contributed by atoms with Crippen molar-refractivity contribution in [2.45, 2.75) is 19.8 Å². The molecule has 0 unspecified atom stereocenters. The van der Waals surface area contributed by atoms with Crippen molar-refractivity contribution in [2.75, 3.05) is 6.54 Å². The molecule has 118 valence electrons. The topological polar surface area (TPSA) is 42.2 Å². The first-order valence-corrected chi connectivity index (χ1v) is 7.58. The van der Waals surface area contributed by atoms with Gasteiger partial charge < -0.3 is 9.73 Å². The van der Waals surface area contributed by atoms with Gasteiger partial charge in [-0.3, -0.25) is 4.79 Å². The first-order chi connectivity index (χ1) is 11.1. The molecule has 23 heavy (non-hydrogen) atoms. The molecule has 0 saturated heterocycles. The number of hydrogen-bond acceptors (Lipinski definition) is 2. The summed E-state index contributed by atoms with van der Waals surface area (Å²) in [4.78, 5) is 12.4. The molecule has 0 fully saturated rings. The lowest BCUT2D eigenvalue weighted by Crippen LogP contribution is -2.27. The van der Waals surface area contributed by atoms with Gasteiger partial charge in [-0.1, -0.05) is 37.3 Å². The van der Waals surface area contributed by atoms with E-state index in [0.717, 1.165) is 5.56 Å². The molecule has 4 heteroatoms. The van der Waals surface area contributed by atoms with Gasteiger partial charge in [-0.2, -0.15) is 0 Å². The fraction of sp³-hybridized carbons (Fsp3) is 0.211. The predicted molar refractivity (Wildman–Crippen MR) is 88.1 cm³/mol. The Morgan fingerprint density at radius 3 is 2.70 bits per heavy atom. The van der Waals surface area contributed by atoms with Gasteiger partial charge in [-0.25, -0.2) is 4.39 Å². The highest BCUT2D eigenvalue weighted by molar-refractivity contribution is 5.98. The third-order valence-corrected chi connectivity index (χ3v) is 4.04. The Kier molecular flexibility index (Phi) is 4.15. The number of rotatable bonds is 4. The first-order valence-electron chi connectivity index (χ1n) is 7.58. The van der Waals surface area contributed by atoms with E-state index >= 15 is 0 Å². The quantitative estimate of drug-likeness (QED) is 0.775. The number of hydrogen-bond donors (Lipinski definition) is 1. The van der Waals surface area contributed by atoms with Gasteiger partial charge in [0, 0.05) is 17.5 Å². The van der Waals surface area contributed by atoms with Crippen LogP contribution in [0.4, 0.5) is 4.39 Å². The Bertz CT molecular complexity index is 839. The van der Waals surface area contributed by atoms with Crippen LogP contribution < -0.4 is 5.32 Å². The third kappa shape index (κ3) is 3.11. The number of fused-ring (bicyclic) bond motifs is 1. The Balaban J connectivity index is 1.75. The fourth-order valence-electron chi connectivity index (χ4n) is 2.64. The lowest BCUT2D eigenvalue weighted by molar-refractivity contribution is 0.0925. The van der Waals surface area contributed by atoms with Gasteiger partial charge in [-0.15, -0.1) is 0 Å². The molecule has 3 rings (SSSR count). The van der Waals surface area contributed by atoms with Crippen molar-refractivity contribution < 1.29 is 13.6 Å². The second-order valence-electron chi connectivity index (χ2n) is 5.72. The maximum absolute atomic E-state index is 13.3. The SMILES string of the molecule is Cc1c(C(=O)NC[C@@H](C)c2ccccc2)oc2ccc(F)cc12. The van der Waals surface area contributed by atoms with E-state index < -0.39 is 0 Å². The third-order valence-electron chi connectivity index (χ3n) is 4.04. The van der Waals surface area contributed by atoms with Crippen molar-refractivity contribution in [1.29, 1.82) is 0 Å². The van der Waals surface area contributed by atoms with Crippen LogP contribution in [0.2, 0.25) is 0 Å². The minimum absolute atomic E-state index is 0.197. The predicted octanol–water partition coefficient (Wildman–Crippen LogP) is 4.41. The van der Waals surface area contributed by atoms with Gasteiger partial charge in [0.2, 0.25) is 0 Å². The van der Waals surface area contributed by atoms with E-state index in [1.165, 1.54) is 12.1 Å². The van der Waals surface area contributed by atoms with Crippen LogP contribution in [0.15, 0.2) is 52.9 Å².